The molecule has 0 aliphatic heterocycles. The third kappa shape index (κ3) is 3.32. The van der Waals surface area contributed by atoms with Crippen LogP contribution in [0.25, 0.3) is 0 Å². The molecule has 0 aliphatic rings. The summed E-state index contributed by atoms with van der Waals surface area (Å²) in [5.74, 6) is 0.962. The summed E-state index contributed by atoms with van der Waals surface area (Å²) in [6.07, 6.45) is 0. The van der Waals surface area contributed by atoms with Gasteiger partial charge >= 0.3 is 0 Å². The molecule has 0 aromatic heterocycles. The maximum atomic E-state index is 12.3. The van der Waals surface area contributed by atoms with E-state index in [0.29, 0.717) is 29.3 Å². The Hall–Kier alpha value is -2.53. The summed E-state index contributed by atoms with van der Waals surface area (Å²) < 4.78 is 10.4. The van der Waals surface area contributed by atoms with Crippen molar-refractivity contribution in [1.82, 2.24) is 0 Å². The molecular weight excluding hydrogens is 268 g/mol. The van der Waals surface area contributed by atoms with Crippen molar-refractivity contribution in [3.8, 4) is 11.5 Å². The van der Waals surface area contributed by atoms with Crippen LogP contribution in [0.1, 0.15) is 15.9 Å². The monoisotopic (exact) mass is 286 g/mol. The van der Waals surface area contributed by atoms with Crippen molar-refractivity contribution in [3.05, 3.63) is 53.6 Å². The molecule has 0 atom stereocenters. The summed E-state index contributed by atoms with van der Waals surface area (Å²) in [6, 6.07) is 12.5. The number of rotatable bonds is 5. The molecule has 3 N–H and O–H groups in total. The quantitative estimate of drug-likeness (QED) is 0.885. The van der Waals surface area contributed by atoms with Gasteiger partial charge < -0.3 is 20.5 Å². The zero-order valence-electron chi connectivity index (χ0n) is 12.1. The van der Waals surface area contributed by atoms with Crippen LogP contribution in [0.15, 0.2) is 42.5 Å². The minimum absolute atomic E-state index is 0.205. The average Bonchev–Trinajstić information content (AvgIpc) is 2.54. The van der Waals surface area contributed by atoms with Gasteiger partial charge in [0.1, 0.15) is 0 Å². The Balaban J connectivity index is 2.23. The SMILES string of the molecule is COc1ccc(NC(=O)c2ccccc2CN)cc1OC. The van der Waals surface area contributed by atoms with Gasteiger partial charge in [0.25, 0.3) is 5.91 Å². The van der Waals surface area contributed by atoms with Crippen LogP contribution >= 0.6 is 0 Å². The van der Waals surface area contributed by atoms with Gasteiger partial charge in [-0.2, -0.15) is 0 Å². The summed E-state index contributed by atoms with van der Waals surface area (Å²) in [6.45, 7) is 0.315. The highest BCUT2D eigenvalue weighted by molar-refractivity contribution is 6.05. The predicted octanol–water partition coefficient (Wildman–Crippen LogP) is 2.41. The molecule has 2 rings (SSSR count). The first kappa shape index (κ1) is 14.9. The Kier molecular flexibility index (Phi) is 4.79. The largest absolute Gasteiger partial charge is 0.493 e. The maximum absolute atomic E-state index is 12.3. The molecule has 5 nitrogen and oxygen atoms in total. The predicted molar refractivity (Wildman–Crippen MR) is 81.8 cm³/mol. The molecule has 1 amide bonds. The number of methoxy groups -OCH3 is 2. The first-order chi connectivity index (χ1) is 10.2. The van der Waals surface area contributed by atoms with E-state index in [-0.39, 0.29) is 5.91 Å². The van der Waals surface area contributed by atoms with Gasteiger partial charge in [-0.25, -0.2) is 0 Å². The number of nitrogens with two attached hydrogens (primary N) is 1. The Morgan fingerprint density at radius 2 is 1.81 bits per heavy atom. The molecule has 0 bridgehead atoms. The number of hydrogen-bond acceptors (Lipinski definition) is 4. The fourth-order valence-corrected chi connectivity index (χ4v) is 2.03. The van der Waals surface area contributed by atoms with Gasteiger partial charge in [-0.05, 0) is 23.8 Å². The molecule has 2 aromatic rings. The molecule has 0 spiro atoms. The van der Waals surface area contributed by atoms with Crippen molar-refractivity contribution < 1.29 is 14.3 Å². The Labute approximate surface area is 123 Å². The van der Waals surface area contributed by atoms with Crippen LogP contribution in [0, 0.1) is 0 Å². The molecule has 0 radical (unpaired) electrons. The standard InChI is InChI=1S/C16H18N2O3/c1-20-14-8-7-12(9-15(14)21-2)18-16(19)13-6-4-3-5-11(13)10-17/h3-9H,10,17H2,1-2H3,(H,18,19). The molecule has 0 aliphatic carbocycles. The summed E-state index contributed by atoms with van der Waals surface area (Å²) in [7, 11) is 3.11. The highest BCUT2D eigenvalue weighted by atomic mass is 16.5. The number of carbonyl (C=O) groups excluding carboxylic acids is 1. The second-order valence-corrected chi connectivity index (χ2v) is 4.39. The number of anilines is 1. The number of hydrogen-bond donors (Lipinski definition) is 2. The maximum Gasteiger partial charge on any atom is 0.255 e. The Morgan fingerprint density at radius 3 is 2.48 bits per heavy atom. The molecule has 0 heterocycles. The van der Waals surface area contributed by atoms with Gasteiger partial charge in [-0.15, -0.1) is 0 Å². The molecule has 0 saturated carbocycles. The lowest BCUT2D eigenvalue weighted by atomic mass is 10.1. The van der Waals surface area contributed by atoms with E-state index in [9.17, 15) is 4.79 Å². The van der Waals surface area contributed by atoms with Crippen molar-refractivity contribution in [2.24, 2.45) is 5.73 Å². The van der Waals surface area contributed by atoms with Gasteiger partial charge in [0, 0.05) is 23.9 Å². The third-order valence-electron chi connectivity index (χ3n) is 3.12. The topological polar surface area (TPSA) is 73.6 Å². The Morgan fingerprint density at radius 1 is 1.10 bits per heavy atom. The number of ether oxygens (including phenoxy) is 2. The van der Waals surface area contributed by atoms with Crippen molar-refractivity contribution in [1.29, 1.82) is 0 Å². The normalized spacial score (nSPS) is 10.0. The fourth-order valence-electron chi connectivity index (χ4n) is 2.03. The minimum Gasteiger partial charge on any atom is -0.493 e. The van der Waals surface area contributed by atoms with E-state index in [1.54, 1.807) is 38.5 Å². The van der Waals surface area contributed by atoms with Crippen LogP contribution in [0.5, 0.6) is 11.5 Å². The summed E-state index contributed by atoms with van der Waals surface area (Å²) in [4.78, 5) is 12.3. The Bertz CT molecular complexity index is 641. The van der Waals surface area contributed by atoms with E-state index in [4.69, 9.17) is 15.2 Å². The van der Waals surface area contributed by atoms with Gasteiger partial charge in [-0.3, -0.25) is 4.79 Å². The highest BCUT2D eigenvalue weighted by Gasteiger charge is 2.11. The van der Waals surface area contributed by atoms with Gasteiger partial charge in [0.2, 0.25) is 0 Å². The fraction of sp³-hybridized carbons (Fsp3) is 0.188. The highest BCUT2D eigenvalue weighted by Crippen LogP contribution is 2.30. The van der Waals surface area contributed by atoms with Crippen molar-refractivity contribution >= 4 is 11.6 Å². The van der Waals surface area contributed by atoms with Crippen LogP contribution in [-0.2, 0) is 6.54 Å². The number of nitrogens with one attached hydrogen (secondary N) is 1. The molecule has 0 unspecified atom stereocenters. The number of benzene rings is 2. The summed E-state index contributed by atoms with van der Waals surface area (Å²) >= 11 is 0. The van der Waals surface area contributed by atoms with E-state index >= 15 is 0 Å². The van der Waals surface area contributed by atoms with E-state index < -0.39 is 0 Å². The molecule has 0 saturated heterocycles. The zero-order chi connectivity index (χ0) is 15.2. The molecule has 110 valence electrons. The minimum atomic E-state index is -0.205. The molecular formula is C16H18N2O3. The van der Waals surface area contributed by atoms with Crippen LogP contribution in [-0.4, -0.2) is 20.1 Å². The summed E-state index contributed by atoms with van der Waals surface area (Å²) in [5, 5.41) is 2.83. The third-order valence-corrected chi connectivity index (χ3v) is 3.12. The smallest absolute Gasteiger partial charge is 0.255 e. The lowest BCUT2D eigenvalue weighted by molar-refractivity contribution is 0.102. The van der Waals surface area contributed by atoms with Crippen LogP contribution in [0.4, 0.5) is 5.69 Å². The van der Waals surface area contributed by atoms with E-state index in [1.807, 2.05) is 18.2 Å². The number of carbonyl (C=O) groups is 1. The first-order valence-corrected chi connectivity index (χ1v) is 6.51. The zero-order valence-corrected chi connectivity index (χ0v) is 12.1. The first-order valence-electron chi connectivity index (χ1n) is 6.51. The van der Waals surface area contributed by atoms with Gasteiger partial charge in [-0.1, -0.05) is 18.2 Å². The molecule has 5 heteroatoms. The average molecular weight is 286 g/mol. The van der Waals surface area contributed by atoms with Crippen molar-refractivity contribution in [3.63, 3.8) is 0 Å². The van der Waals surface area contributed by atoms with Crippen LogP contribution < -0.4 is 20.5 Å². The summed E-state index contributed by atoms with van der Waals surface area (Å²) in [5.41, 5.74) is 7.64. The van der Waals surface area contributed by atoms with E-state index in [1.165, 1.54) is 0 Å². The number of amides is 1. The second-order valence-electron chi connectivity index (χ2n) is 4.39. The molecule has 21 heavy (non-hydrogen) atoms. The van der Waals surface area contributed by atoms with Gasteiger partial charge in [0.15, 0.2) is 11.5 Å². The lowest BCUT2D eigenvalue weighted by Gasteiger charge is -2.12. The van der Waals surface area contributed by atoms with Crippen LogP contribution in [0.2, 0.25) is 0 Å². The van der Waals surface area contributed by atoms with Crippen LogP contribution in [0.3, 0.4) is 0 Å². The van der Waals surface area contributed by atoms with Crippen molar-refractivity contribution in [2.45, 2.75) is 6.54 Å². The van der Waals surface area contributed by atoms with E-state index in [2.05, 4.69) is 5.32 Å². The van der Waals surface area contributed by atoms with E-state index in [0.717, 1.165) is 5.56 Å². The lowest BCUT2D eigenvalue weighted by Crippen LogP contribution is -2.15. The molecule has 2 aromatic carbocycles. The van der Waals surface area contributed by atoms with Gasteiger partial charge in [0.05, 0.1) is 14.2 Å². The second kappa shape index (κ2) is 6.76. The molecule has 0 fully saturated rings. The van der Waals surface area contributed by atoms with Crippen molar-refractivity contribution in [2.75, 3.05) is 19.5 Å².